The number of hydrogen-bond donors (Lipinski definition) is 1. The number of anilines is 1. The van der Waals surface area contributed by atoms with Crippen LogP contribution < -0.4 is 4.90 Å². The fourth-order valence-electron chi connectivity index (χ4n) is 2.18. The summed E-state index contributed by atoms with van der Waals surface area (Å²) in [5, 5.41) is 9.11. The number of rotatable bonds is 6. The molecule has 4 nitrogen and oxygen atoms in total. The first kappa shape index (κ1) is 15.8. The Morgan fingerprint density at radius 2 is 1.55 bits per heavy atom. The Morgan fingerprint density at radius 1 is 1.00 bits per heavy atom. The monoisotopic (exact) mass is 297 g/mol. The number of amides is 1. The van der Waals surface area contributed by atoms with Crippen LogP contribution >= 0.6 is 0 Å². The number of nitrogens with zero attached hydrogens (tertiary/aromatic N) is 1. The van der Waals surface area contributed by atoms with Crippen LogP contribution in [0.1, 0.15) is 12.5 Å². The molecule has 0 saturated carbocycles. The molecule has 4 heteroatoms. The molecule has 0 aromatic heterocycles. The molecule has 0 heterocycles. The fourth-order valence-corrected chi connectivity index (χ4v) is 2.18. The minimum Gasteiger partial charge on any atom is -0.481 e. The van der Waals surface area contributed by atoms with Gasteiger partial charge in [0.05, 0.1) is 12.3 Å². The summed E-state index contributed by atoms with van der Waals surface area (Å²) in [6.45, 7) is 1.76. The van der Waals surface area contributed by atoms with Gasteiger partial charge >= 0.3 is 5.97 Å². The molecule has 22 heavy (non-hydrogen) atoms. The summed E-state index contributed by atoms with van der Waals surface area (Å²) >= 11 is 0. The van der Waals surface area contributed by atoms with Crippen LogP contribution in [0.2, 0.25) is 0 Å². The summed E-state index contributed by atoms with van der Waals surface area (Å²) in [6.07, 6.45) is 0.252. The fraction of sp³-hybridized carbons (Fsp3) is 0.222. The van der Waals surface area contributed by atoms with Crippen molar-refractivity contribution in [1.82, 2.24) is 0 Å². The minimum absolute atomic E-state index is 0.106. The van der Waals surface area contributed by atoms with Gasteiger partial charge in [-0.15, -0.1) is 0 Å². The summed E-state index contributed by atoms with van der Waals surface area (Å²) in [5.74, 6) is -1.64. The Morgan fingerprint density at radius 3 is 2.09 bits per heavy atom. The van der Waals surface area contributed by atoms with Gasteiger partial charge in [-0.3, -0.25) is 9.59 Å². The molecule has 1 N–H and O–H groups in total. The average molecular weight is 297 g/mol. The van der Waals surface area contributed by atoms with Crippen molar-refractivity contribution in [3.05, 3.63) is 66.2 Å². The molecule has 0 aliphatic heterocycles. The van der Waals surface area contributed by atoms with Gasteiger partial charge in [0.25, 0.3) is 0 Å². The molecule has 0 aliphatic carbocycles. The molecule has 2 rings (SSSR count). The Kier molecular flexibility index (Phi) is 5.31. The van der Waals surface area contributed by atoms with Crippen molar-refractivity contribution in [3.63, 3.8) is 0 Å². The van der Waals surface area contributed by atoms with Crippen molar-refractivity contribution >= 4 is 17.6 Å². The number of para-hydroxylation sites is 1. The highest BCUT2D eigenvalue weighted by molar-refractivity contribution is 5.95. The molecular formula is C18H19NO3. The van der Waals surface area contributed by atoms with Crippen molar-refractivity contribution in [3.8, 4) is 0 Å². The van der Waals surface area contributed by atoms with Crippen LogP contribution in [0.15, 0.2) is 60.7 Å². The van der Waals surface area contributed by atoms with Gasteiger partial charge < -0.3 is 10.0 Å². The first-order valence-electron chi connectivity index (χ1n) is 7.20. The topological polar surface area (TPSA) is 57.6 Å². The highest BCUT2D eigenvalue weighted by Gasteiger charge is 2.22. The number of carbonyl (C=O) groups excluding carboxylic acids is 1. The van der Waals surface area contributed by atoms with Gasteiger partial charge in [-0.25, -0.2) is 0 Å². The van der Waals surface area contributed by atoms with Crippen molar-refractivity contribution in [1.29, 1.82) is 0 Å². The minimum atomic E-state index is -0.909. The molecule has 1 atom stereocenters. The molecule has 0 saturated heterocycles. The van der Waals surface area contributed by atoms with E-state index in [2.05, 4.69) is 0 Å². The number of benzene rings is 2. The number of carbonyl (C=O) groups is 2. The third kappa shape index (κ3) is 4.19. The lowest BCUT2D eigenvalue weighted by Crippen LogP contribution is -2.38. The zero-order valence-electron chi connectivity index (χ0n) is 12.5. The summed E-state index contributed by atoms with van der Waals surface area (Å²) in [7, 11) is 0. The number of carboxylic acid groups (broad SMARTS) is 1. The second-order valence-corrected chi connectivity index (χ2v) is 5.24. The summed E-state index contributed by atoms with van der Waals surface area (Å²) in [4.78, 5) is 25.3. The van der Waals surface area contributed by atoms with E-state index in [9.17, 15) is 9.59 Å². The van der Waals surface area contributed by atoms with E-state index in [4.69, 9.17) is 5.11 Å². The first-order chi connectivity index (χ1) is 10.6. The molecule has 114 valence electrons. The molecule has 1 unspecified atom stereocenters. The van der Waals surface area contributed by atoms with Crippen molar-refractivity contribution in [2.45, 2.75) is 13.3 Å². The lowest BCUT2D eigenvalue weighted by Gasteiger charge is -2.25. The Balaban J connectivity index is 2.20. The molecular weight excluding hydrogens is 278 g/mol. The van der Waals surface area contributed by atoms with Crippen LogP contribution in [-0.4, -0.2) is 23.5 Å². The van der Waals surface area contributed by atoms with E-state index >= 15 is 0 Å². The molecule has 0 aliphatic rings. The maximum Gasteiger partial charge on any atom is 0.308 e. The van der Waals surface area contributed by atoms with Crippen LogP contribution in [-0.2, 0) is 16.0 Å². The second kappa shape index (κ2) is 7.41. The van der Waals surface area contributed by atoms with Crippen molar-refractivity contribution in [2.24, 2.45) is 5.92 Å². The molecule has 0 bridgehead atoms. The van der Waals surface area contributed by atoms with Crippen LogP contribution in [0, 0.1) is 5.92 Å². The van der Waals surface area contributed by atoms with E-state index in [0.29, 0.717) is 0 Å². The lowest BCUT2D eigenvalue weighted by molar-refractivity contribution is -0.140. The van der Waals surface area contributed by atoms with E-state index < -0.39 is 11.9 Å². The molecule has 2 aromatic rings. The molecule has 0 radical (unpaired) electrons. The SMILES string of the molecule is CC(CN(C(=O)Cc1ccccc1)c1ccccc1)C(=O)O. The quantitative estimate of drug-likeness (QED) is 0.891. The van der Waals surface area contributed by atoms with Gasteiger partial charge in [0.15, 0.2) is 0 Å². The maximum atomic E-state index is 12.6. The first-order valence-corrected chi connectivity index (χ1v) is 7.20. The Bertz CT molecular complexity index is 625. The number of hydrogen-bond acceptors (Lipinski definition) is 2. The van der Waals surface area contributed by atoms with Gasteiger partial charge in [-0.05, 0) is 17.7 Å². The summed E-state index contributed by atoms with van der Waals surface area (Å²) < 4.78 is 0. The van der Waals surface area contributed by atoms with Crippen LogP contribution in [0.3, 0.4) is 0 Å². The van der Waals surface area contributed by atoms with Gasteiger partial charge in [-0.1, -0.05) is 55.5 Å². The summed E-state index contributed by atoms with van der Waals surface area (Å²) in [5.41, 5.74) is 1.63. The van der Waals surface area contributed by atoms with Crippen LogP contribution in [0.5, 0.6) is 0 Å². The largest absolute Gasteiger partial charge is 0.481 e. The van der Waals surface area contributed by atoms with Crippen LogP contribution in [0.25, 0.3) is 0 Å². The average Bonchev–Trinajstić information content (AvgIpc) is 2.54. The summed E-state index contributed by atoms with van der Waals surface area (Å²) in [6, 6.07) is 18.6. The predicted octanol–water partition coefficient (Wildman–Crippen LogP) is 2.98. The van der Waals surface area contributed by atoms with E-state index in [1.807, 2.05) is 60.7 Å². The maximum absolute atomic E-state index is 12.6. The lowest BCUT2D eigenvalue weighted by atomic mass is 10.1. The van der Waals surface area contributed by atoms with Crippen LogP contribution in [0.4, 0.5) is 5.69 Å². The third-order valence-electron chi connectivity index (χ3n) is 3.45. The molecule has 0 fully saturated rings. The van der Waals surface area contributed by atoms with Gasteiger partial charge in [0, 0.05) is 12.2 Å². The van der Waals surface area contributed by atoms with Gasteiger partial charge in [0.2, 0.25) is 5.91 Å². The van der Waals surface area contributed by atoms with Crippen molar-refractivity contribution in [2.75, 3.05) is 11.4 Å². The Labute approximate surface area is 130 Å². The van der Waals surface area contributed by atoms with Crippen molar-refractivity contribution < 1.29 is 14.7 Å². The normalized spacial score (nSPS) is 11.7. The van der Waals surface area contributed by atoms with E-state index in [0.717, 1.165) is 11.3 Å². The smallest absolute Gasteiger partial charge is 0.308 e. The third-order valence-corrected chi connectivity index (χ3v) is 3.45. The van der Waals surface area contributed by atoms with E-state index in [1.165, 1.54) is 0 Å². The molecule has 1 amide bonds. The van der Waals surface area contributed by atoms with Gasteiger partial charge in [-0.2, -0.15) is 0 Å². The van der Waals surface area contributed by atoms with E-state index in [1.54, 1.807) is 11.8 Å². The van der Waals surface area contributed by atoms with Gasteiger partial charge in [0.1, 0.15) is 0 Å². The van der Waals surface area contributed by atoms with E-state index in [-0.39, 0.29) is 18.9 Å². The zero-order chi connectivity index (χ0) is 15.9. The predicted molar refractivity (Wildman–Crippen MR) is 85.7 cm³/mol. The highest BCUT2D eigenvalue weighted by atomic mass is 16.4. The second-order valence-electron chi connectivity index (χ2n) is 5.24. The number of aliphatic carboxylic acids is 1. The standard InChI is InChI=1S/C18H19NO3/c1-14(18(21)22)13-19(16-10-6-3-7-11-16)17(20)12-15-8-4-2-5-9-15/h2-11,14H,12-13H2,1H3,(H,21,22). The Hall–Kier alpha value is -2.62. The zero-order valence-corrected chi connectivity index (χ0v) is 12.5. The molecule has 0 spiro atoms. The molecule has 2 aromatic carbocycles. The number of carboxylic acids is 1. The highest BCUT2D eigenvalue weighted by Crippen LogP contribution is 2.17.